The first-order chi connectivity index (χ1) is 8.92. The van der Waals surface area contributed by atoms with Gasteiger partial charge in [0.25, 0.3) is 0 Å². The van der Waals surface area contributed by atoms with Crippen LogP contribution in [0.4, 0.5) is 10.1 Å². The van der Waals surface area contributed by atoms with Crippen LogP contribution in [0.25, 0.3) is 0 Å². The van der Waals surface area contributed by atoms with E-state index in [1.54, 1.807) is 4.90 Å². The molecule has 0 bridgehead atoms. The van der Waals surface area contributed by atoms with E-state index < -0.39 is 11.8 Å². The van der Waals surface area contributed by atoms with Crippen molar-refractivity contribution in [2.75, 3.05) is 18.6 Å². The molecule has 0 N–H and O–H groups in total. The average molecular weight is 329 g/mol. The molecule has 0 fully saturated rings. The Labute approximate surface area is 119 Å². The Kier molecular flexibility index (Phi) is 5.31. The molecule has 0 saturated heterocycles. The first kappa shape index (κ1) is 15.4. The van der Waals surface area contributed by atoms with Crippen LogP contribution in [0.15, 0.2) is 16.6 Å². The zero-order valence-electron chi connectivity index (χ0n) is 10.9. The second-order valence-electron chi connectivity index (χ2n) is 4.17. The molecule has 6 heteroatoms. The van der Waals surface area contributed by atoms with E-state index in [9.17, 15) is 9.18 Å². The molecule has 1 aromatic carbocycles. The Morgan fingerprint density at radius 1 is 1.58 bits per heavy atom. The Bertz CT molecular complexity index is 526. The zero-order valence-corrected chi connectivity index (χ0v) is 12.5. The fourth-order valence-corrected chi connectivity index (χ4v) is 2.02. The van der Waals surface area contributed by atoms with Crippen LogP contribution in [-0.4, -0.2) is 25.7 Å². The van der Waals surface area contributed by atoms with Gasteiger partial charge in [-0.1, -0.05) is 0 Å². The van der Waals surface area contributed by atoms with Crippen molar-refractivity contribution in [3.05, 3.63) is 28.0 Å². The number of esters is 1. The summed E-state index contributed by atoms with van der Waals surface area (Å²) in [6, 6.07) is 4.79. The van der Waals surface area contributed by atoms with E-state index in [1.165, 1.54) is 19.2 Å². The summed E-state index contributed by atoms with van der Waals surface area (Å²) in [5.41, 5.74) is 0.467. The molecule has 0 heterocycles. The number of anilines is 1. The van der Waals surface area contributed by atoms with Crippen LogP contribution in [0.1, 0.15) is 19.4 Å². The summed E-state index contributed by atoms with van der Waals surface area (Å²) >= 11 is 3.05. The van der Waals surface area contributed by atoms with Crippen molar-refractivity contribution in [1.29, 1.82) is 5.26 Å². The maximum Gasteiger partial charge on any atom is 0.325 e. The Hall–Kier alpha value is -1.61. The molecule has 4 nitrogen and oxygen atoms in total. The molecule has 0 aliphatic carbocycles. The van der Waals surface area contributed by atoms with Crippen LogP contribution >= 0.6 is 15.9 Å². The minimum atomic E-state index is -0.559. The predicted octanol–water partition coefficient (Wildman–Crippen LogP) is 2.85. The predicted molar refractivity (Wildman–Crippen MR) is 73.3 cm³/mol. The first-order valence-electron chi connectivity index (χ1n) is 5.64. The molecule has 0 aliphatic heterocycles. The van der Waals surface area contributed by atoms with Gasteiger partial charge in [-0.3, -0.25) is 4.79 Å². The number of hydrogen-bond acceptors (Lipinski definition) is 4. The van der Waals surface area contributed by atoms with Crippen molar-refractivity contribution < 1.29 is 13.9 Å². The van der Waals surface area contributed by atoms with Crippen molar-refractivity contribution in [3.8, 4) is 6.07 Å². The summed E-state index contributed by atoms with van der Waals surface area (Å²) < 4.78 is 18.9. The fraction of sp³-hybridized carbons (Fsp3) is 0.385. The van der Waals surface area contributed by atoms with Gasteiger partial charge in [-0.15, -0.1) is 0 Å². The molecule has 1 rings (SSSR count). The van der Waals surface area contributed by atoms with Crippen molar-refractivity contribution in [3.63, 3.8) is 0 Å². The van der Waals surface area contributed by atoms with Gasteiger partial charge in [0.2, 0.25) is 0 Å². The normalized spacial score (nSPS) is 10.2. The summed E-state index contributed by atoms with van der Waals surface area (Å²) in [6.45, 7) is 3.63. The van der Waals surface area contributed by atoms with Gasteiger partial charge in [0, 0.05) is 6.04 Å². The minimum absolute atomic E-state index is 0.0522. The summed E-state index contributed by atoms with van der Waals surface area (Å²) in [4.78, 5) is 12.9. The standard InChI is InChI=1S/C13H14BrFN2O2/c1-8(2)17(7-11(18)19-3)10-5-4-9(6-16)12(14)13(10)15/h4-5,8H,7H2,1-3H3. The number of halogens is 2. The molecule has 102 valence electrons. The van der Waals surface area contributed by atoms with E-state index in [1.807, 2.05) is 19.9 Å². The van der Waals surface area contributed by atoms with Crippen molar-refractivity contribution in [1.82, 2.24) is 0 Å². The summed E-state index contributed by atoms with van der Waals surface area (Å²) in [5, 5.41) is 8.83. The molecule has 1 aromatic rings. The van der Waals surface area contributed by atoms with E-state index in [-0.39, 0.29) is 28.3 Å². The minimum Gasteiger partial charge on any atom is -0.468 e. The number of rotatable bonds is 4. The second-order valence-corrected chi connectivity index (χ2v) is 4.96. The Balaban J connectivity index is 3.21. The highest BCUT2D eigenvalue weighted by Gasteiger charge is 2.21. The third kappa shape index (κ3) is 3.44. The van der Waals surface area contributed by atoms with E-state index in [2.05, 4.69) is 20.7 Å². The van der Waals surface area contributed by atoms with E-state index in [0.29, 0.717) is 0 Å². The van der Waals surface area contributed by atoms with Crippen LogP contribution in [0.3, 0.4) is 0 Å². The van der Waals surface area contributed by atoms with Crippen LogP contribution in [0.5, 0.6) is 0 Å². The van der Waals surface area contributed by atoms with Gasteiger partial charge >= 0.3 is 5.97 Å². The smallest absolute Gasteiger partial charge is 0.325 e. The third-order valence-electron chi connectivity index (χ3n) is 2.64. The molecule has 0 amide bonds. The van der Waals surface area contributed by atoms with Crippen LogP contribution < -0.4 is 4.90 Å². The molecule has 0 unspecified atom stereocenters. The number of carbonyl (C=O) groups is 1. The molecule has 19 heavy (non-hydrogen) atoms. The van der Waals surface area contributed by atoms with E-state index in [0.717, 1.165) is 0 Å². The van der Waals surface area contributed by atoms with Gasteiger partial charge in [-0.05, 0) is 41.9 Å². The van der Waals surface area contributed by atoms with Crippen molar-refractivity contribution in [2.45, 2.75) is 19.9 Å². The summed E-state index contributed by atoms with van der Waals surface area (Å²) in [5.74, 6) is -1.01. The zero-order chi connectivity index (χ0) is 14.6. The SMILES string of the molecule is COC(=O)CN(c1ccc(C#N)c(Br)c1F)C(C)C. The molecular formula is C13H14BrFN2O2. The fourth-order valence-electron chi connectivity index (χ4n) is 1.60. The topological polar surface area (TPSA) is 53.3 Å². The maximum atomic E-state index is 14.2. The number of hydrogen-bond donors (Lipinski definition) is 0. The lowest BCUT2D eigenvalue weighted by Crippen LogP contribution is -2.37. The lowest BCUT2D eigenvalue weighted by atomic mass is 10.1. The lowest BCUT2D eigenvalue weighted by molar-refractivity contribution is -0.139. The average Bonchev–Trinajstić information content (AvgIpc) is 2.39. The molecule has 0 spiro atoms. The second kappa shape index (κ2) is 6.53. The van der Waals surface area contributed by atoms with E-state index >= 15 is 0 Å². The van der Waals surface area contributed by atoms with Crippen LogP contribution in [0, 0.1) is 17.1 Å². The maximum absolute atomic E-state index is 14.2. The molecule has 0 aliphatic rings. The quantitative estimate of drug-likeness (QED) is 0.797. The summed E-state index contributed by atoms with van der Waals surface area (Å²) in [6.07, 6.45) is 0. The molecule has 0 aromatic heterocycles. The highest BCUT2D eigenvalue weighted by Crippen LogP contribution is 2.30. The molecule has 0 radical (unpaired) electrons. The number of carbonyl (C=O) groups excluding carboxylic acids is 1. The van der Waals surface area contributed by atoms with E-state index in [4.69, 9.17) is 5.26 Å². The highest BCUT2D eigenvalue weighted by molar-refractivity contribution is 9.10. The highest BCUT2D eigenvalue weighted by atomic mass is 79.9. The first-order valence-corrected chi connectivity index (χ1v) is 6.43. The Morgan fingerprint density at radius 3 is 2.68 bits per heavy atom. The molecular weight excluding hydrogens is 315 g/mol. The van der Waals surface area contributed by atoms with Gasteiger partial charge < -0.3 is 9.64 Å². The van der Waals surface area contributed by atoms with Crippen LogP contribution in [0.2, 0.25) is 0 Å². The number of nitrogens with zero attached hydrogens (tertiary/aromatic N) is 2. The van der Waals surface area contributed by atoms with Crippen LogP contribution in [-0.2, 0) is 9.53 Å². The van der Waals surface area contributed by atoms with Crippen molar-refractivity contribution >= 4 is 27.6 Å². The van der Waals surface area contributed by atoms with Gasteiger partial charge in [0.15, 0.2) is 5.82 Å². The number of benzene rings is 1. The van der Waals surface area contributed by atoms with Gasteiger partial charge in [0.05, 0.1) is 22.8 Å². The third-order valence-corrected chi connectivity index (χ3v) is 3.42. The largest absolute Gasteiger partial charge is 0.468 e. The number of ether oxygens (including phenoxy) is 1. The molecule has 0 atom stereocenters. The van der Waals surface area contributed by atoms with Gasteiger partial charge in [-0.2, -0.15) is 5.26 Å². The number of nitriles is 1. The van der Waals surface area contributed by atoms with Gasteiger partial charge in [0.1, 0.15) is 12.6 Å². The van der Waals surface area contributed by atoms with Crippen molar-refractivity contribution in [2.24, 2.45) is 0 Å². The molecule has 0 saturated carbocycles. The van der Waals surface area contributed by atoms with Gasteiger partial charge in [-0.25, -0.2) is 4.39 Å². The Morgan fingerprint density at radius 2 is 2.21 bits per heavy atom. The monoisotopic (exact) mass is 328 g/mol. The summed E-state index contributed by atoms with van der Waals surface area (Å²) in [7, 11) is 1.28. The number of methoxy groups -OCH3 is 1. The lowest BCUT2D eigenvalue weighted by Gasteiger charge is -2.28.